The molecule has 0 aliphatic rings. The lowest BCUT2D eigenvalue weighted by Crippen LogP contribution is -2.14. The molecule has 0 amide bonds. The molecule has 0 aliphatic heterocycles. The third kappa shape index (κ3) is 2.73. The number of nitrogens with zero attached hydrogens (tertiary/aromatic N) is 4. The van der Waals surface area contributed by atoms with Crippen LogP contribution in [0, 0.1) is 17.2 Å². The Kier molecular flexibility index (Phi) is 3.51. The molecule has 8 heteroatoms. The summed E-state index contributed by atoms with van der Waals surface area (Å²) in [5.41, 5.74) is 13.1. The summed E-state index contributed by atoms with van der Waals surface area (Å²) in [6.07, 6.45) is 1.21. The minimum Gasteiger partial charge on any atom is -0.380 e. The van der Waals surface area contributed by atoms with Crippen molar-refractivity contribution >= 4 is 5.84 Å². The van der Waals surface area contributed by atoms with Crippen LogP contribution in [0.1, 0.15) is 5.69 Å². The molecule has 1 aromatic heterocycles. The van der Waals surface area contributed by atoms with E-state index in [9.17, 15) is 8.78 Å². The van der Waals surface area contributed by atoms with E-state index in [2.05, 4.69) is 20.3 Å². The van der Waals surface area contributed by atoms with Crippen LogP contribution in [-0.4, -0.2) is 15.8 Å². The second-order valence-corrected chi connectivity index (χ2v) is 3.50. The lowest BCUT2D eigenvalue weighted by atomic mass is 10.1. The minimum absolute atomic E-state index is 0.0683. The average molecular weight is 262 g/mol. The van der Waals surface area contributed by atoms with Crippen molar-refractivity contribution in [2.75, 3.05) is 0 Å². The van der Waals surface area contributed by atoms with Crippen LogP contribution in [0.5, 0.6) is 0 Å². The van der Waals surface area contributed by atoms with Gasteiger partial charge in [-0.15, -0.1) is 5.10 Å². The maximum atomic E-state index is 13.1. The molecule has 96 valence electrons. The highest BCUT2D eigenvalue weighted by molar-refractivity contribution is 5.96. The molecule has 1 aromatic carbocycles. The SMILES string of the molecule is N=NN=C(N)c1cc(-c2ccc(F)c(F)c2)ncn1. The van der Waals surface area contributed by atoms with E-state index in [4.69, 9.17) is 11.3 Å². The standard InChI is InChI=1S/C11H8F2N6/c12-7-2-1-6(3-8(7)13)9-4-10(17-5-16-9)11(14)18-19-15/h1-5H,(H3,14,15,18). The van der Waals surface area contributed by atoms with Gasteiger partial charge in [0.25, 0.3) is 0 Å². The van der Waals surface area contributed by atoms with Crippen LogP contribution >= 0.6 is 0 Å². The summed E-state index contributed by atoms with van der Waals surface area (Å²) in [5, 5.41) is 6.11. The van der Waals surface area contributed by atoms with E-state index in [1.54, 1.807) is 0 Å². The van der Waals surface area contributed by atoms with E-state index in [1.165, 1.54) is 18.5 Å². The van der Waals surface area contributed by atoms with Crippen LogP contribution in [0.25, 0.3) is 11.3 Å². The molecule has 6 nitrogen and oxygen atoms in total. The molecule has 0 unspecified atom stereocenters. The van der Waals surface area contributed by atoms with Crippen LogP contribution in [0.3, 0.4) is 0 Å². The Hall–Kier alpha value is -2.77. The van der Waals surface area contributed by atoms with Crippen LogP contribution in [0.2, 0.25) is 0 Å². The molecule has 0 aliphatic carbocycles. The molecular weight excluding hydrogens is 254 g/mol. The molecule has 0 bridgehead atoms. The van der Waals surface area contributed by atoms with E-state index >= 15 is 0 Å². The number of hydrogen-bond donors (Lipinski definition) is 2. The highest BCUT2D eigenvalue weighted by atomic mass is 19.2. The second-order valence-electron chi connectivity index (χ2n) is 3.50. The molecule has 2 aromatic rings. The Morgan fingerprint density at radius 3 is 2.63 bits per heavy atom. The van der Waals surface area contributed by atoms with Crippen molar-refractivity contribution in [2.45, 2.75) is 0 Å². The fourth-order valence-electron chi connectivity index (χ4n) is 1.42. The van der Waals surface area contributed by atoms with E-state index in [-0.39, 0.29) is 11.5 Å². The Morgan fingerprint density at radius 2 is 1.95 bits per heavy atom. The van der Waals surface area contributed by atoms with Gasteiger partial charge in [0.1, 0.15) is 12.0 Å². The fourth-order valence-corrected chi connectivity index (χ4v) is 1.42. The van der Waals surface area contributed by atoms with Gasteiger partial charge in [0.2, 0.25) is 0 Å². The summed E-state index contributed by atoms with van der Waals surface area (Å²) in [4.78, 5) is 7.78. The van der Waals surface area contributed by atoms with Crippen LogP contribution < -0.4 is 5.73 Å². The summed E-state index contributed by atoms with van der Waals surface area (Å²) >= 11 is 0. The highest BCUT2D eigenvalue weighted by Gasteiger charge is 2.08. The first-order chi connectivity index (χ1) is 9.11. The largest absolute Gasteiger partial charge is 0.380 e. The minimum atomic E-state index is -0.972. The Labute approximate surface area is 106 Å². The molecule has 0 saturated heterocycles. The van der Waals surface area contributed by atoms with Crippen LogP contribution in [-0.2, 0) is 0 Å². The van der Waals surface area contributed by atoms with Crippen LogP contribution in [0.15, 0.2) is 40.9 Å². The number of nitrogens with two attached hydrogens (primary N) is 1. The number of benzene rings is 1. The molecule has 3 N–H and O–H groups in total. The normalized spacial score (nSPS) is 11.4. The van der Waals surface area contributed by atoms with Gasteiger partial charge in [0.05, 0.1) is 5.69 Å². The van der Waals surface area contributed by atoms with E-state index in [1.807, 2.05) is 0 Å². The van der Waals surface area contributed by atoms with Gasteiger partial charge in [-0.1, -0.05) is 5.22 Å². The van der Waals surface area contributed by atoms with E-state index in [0.717, 1.165) is 12.1 Å². The fraction of sp³-hybridized carbons (Fsp3) is 0. The molecule has 0 spiro atoms. The Balaban J connectivity index is 2.45. The molecule has 0 fully saturated rings. The van der Waals surface area contributed by atoms with Gasteiger partial charge in [-0.3, -0.25) is 0 Å². The second kappa shape index (κ2) is 5.25. The van der Waals surface area contributed by atoms with Gasteiger partial charge in [-0.2, -0.15) is 5.53 Å². The maximum absolute atomic E-state index is 13.1. The number of hydrogen-bond acceptors (Lipinski definition) is 4. The van der Waals surface area contributed by atoms with Crippen molar-refractivity contribution in [1.29, 1.82) is 5.53 Å². The van der Waals surface area contributed by atoms with Crippen molar-refractivity contribution < 1.29 is 8.78 Å². The summed E-state index contributed by atoms with van der Waals surface area (Å²) in [6, 6.07) is 4.84. The maximum Gasteiger partial charge on any atom is 0.173 e. The van der Waals surface area contributed by atoms with Crippen molar-refractivity contribution in [2.24, 2.45) is 16.1 Å². The third-order valence-corrected chi connectivity index (χ3v) is 2.30. The quantitative estimate of drug-likeness (QED) is 0.383. The summed E-state index contributed by atoms with van der Waals surface area (Å²) in [7, 11) is 0. The zero-order valence-corrected chi connectivity index (χ0v) is 9.51. The van der Waals surface area contributed by atoms with Gasteiger partial charge < -0.3 is 5.73 Å². The Bertz CT molecular complexity index is 655. The van der Waals surface area contributed by atoms with Gasteiger partial charge >= 0.3 is 0 Å². The number of nitrogens with one attached hydrogen (secondary N) is 1. The molecule has 2 rings (SSSR count). The first kappa shape index (κ1) is 12.7. The molecule has 1 heterocycles. The van der Waals surface area contributed by atoms with E-state index < -0.39 is 11.6 Å². The van der Waals surface area contributed by atoms with Gasteiger partial charge in [-0.25, -0.2) is 18.7 Å². The lowest BCUT2D eigenvalue weighted by molar-refractivity contribution is 0.509. The third-order valence-electron chi connectivity index (χ3n) is 2.30. The lowest BCUT2D eigenvalue weighted by Gasteiger charge is -2.03. The zero-order chi connectivity index (χ0) is 13.8. The molecule has 19 heavy (non-hydrogen) atoms. The molecule has 0 atom stereocenters. The van der Waals surface area contributed by atoms with Crippen molar-refractivity contribution in [1.82, 2.24) is 9.97 Å². The summed E-state index contributed by atoms with van der Waals surface area (Å²) in [5.74, 6) is -1.98. The summed E-state index contributed by atoms with van der Waals surface area (Å²) < 4.78 is 26.0. The van der Waals surface area contributed by atoms with Crippen molar-refractivity contribution in [3.05, 3.63) is 47.9 Å². The number of amidine groups is 1. The average Bonchev–Trinajstić information content (AvgIpc) is 2.42. The Morgan fingerprint density at radius 1 is 1.16 bits per heavy atom. The molecule has 0 saturated carbocycles. The smallest absolute Gasteiger partial charge is 0.173 e. The number of rotatable bonds is 3. The molecular formula is C11H8F2N6. The molecule has 0 radical (unpaired) electrons. The topological polar surface area (TPSA) is 100 Å². The predicted molar refractivity (Wildman–Crippen MR) is 63.3 cm³/mol. The zero-order valence-electron chi connectivity index (χ0n) is 9.51. The van der Waals surface area contributed by atoms with Crippen LogP contribution in [0.4, 0.5) is 8.78 Å². The summed E-state index contributed by atoms with van der Waals surface area (Å²) in [6.45, 7) is 0. The van der Waals surface area contributed by atoms with Gasteiger partial charge in [0, 0.05) is 5.56 Å². The predicted octanol–water partition coefficient (Wildman–Crippen LogP) is 2.07. The first-order valence-corrected chi connectivity index (χ1v) is 5.09. The first-order valence-electron chi connectivity index (χ1n) is 5.09. The number of halogens is 2. The van der Waals surface area contributed by atoms with Gasteiger partial charge in [0.15, 0.2) is 17.5 Å². The monoisotopic (exact) mass is 262 g/mol. The number of aromatic nitrogens is 2. The van der Waals surface area contributed by atoms with Crippen molar-refractivity contribution in [3.63, 3.8) is 0 Å². The van der Waals surface area contributed by atoms with E-state index in [0.29, 0.717) is 11.3 Å². The highest BCUT2D eigenvalue weighted by Crippen LogP contribution is 2.19. The van der Waals surface area contributed by atoms with Crippen molar-refractivity contribution in [3.8, 4) is 11.3 Å². The van der Waals surface area contributed by atoms with Gasteiger partial charge in [-0.05, 0) is 24.3 Å².